The van der Waals surface area contributed by atoms with Gasteiger partial charge in [-0.2, -0.15) is 0 Å². The predicted octanol–water partition coefficient (Wildman–Crippen LogP) is 3.81. The molecule has 0 aliphatic heterocycles. The first-order chi connectivity index (χ1) is 7.70. The second-order valence-corrected chi connectivity index (χ2v) is 5.06. The molecule has 16 heavy (non-hydrogen) atoms. The van der Waals surface area contributed by atoms with Crippen molar-refractivity contribution in [3.05, 3.63) is 35.9 Å². The molecule has 1 heteroatoms. The Morgan fingerprint density at radius 2 is 1.81 bits per heavy atom. The van der Waals surface area contributed by atoms with Crippen LogP contribution in [0.15, 0.2) is 30.3 Å². The number of benzene rings is 1. The lowest BCUT2D eigenvalue weighted by atomic mass is 9.81. The highest BCUT2D eigenvalue weighted by Crippen LogP contribution is 2.29. The zero-order valence-electron chi connectivity index (χ0n) is 10.6. The van der Waals surface area contributed by atoms with Gasteiger partial charge in [0.25, 0.3) is 0 Å². The molecule has 1 rings (SSSR count). The molecular formula is C15H24O. The molecule has 0 aliphatic carbocycles. The maximum atomic E-state index is 9.41. The maximum Gasteiger partial charge on any atom is 0.0484 e. The summed E-state index contributed by atoms with van der Waals surface area (Å²) in [5.41, 5.74) is 1.53. The van der Waals surface area contributed by atoms with Gasteiger partial charge >= 0.3 is 0 Å². The molecule has 0 radical (unpaired) electrons. The van der Waals surface area contributed by atoms with E-state index in [1.54, 1.807) is 0 Å². The van der Waals surface area contributed by atoms with Crippen LogP contribution in [0.25, 0.3) is 0 Å². The summed E-state index contributed by atoms with van der Waals surface area (Å²) in [6.45, 7) is 4.70. The standard InChI is InChI=1S/C15H24O/c1-3-11-15(2,13-16)12-7-10-14-8-5-4-6-9-14/h4-6,8-9,16H,3,7,10-13H2,1-2H3. The van der Waals surface area contributed by atoms with Gasteiger partial charge in [-0.3, -0.25) is 0 Å². The average Bonchev–Trinajstić information content (AvgIpc) is 2.31. The van der Waals surface area contributed by atoms with E-state index in [-0.39, 0.29) is 5.41 Å². The van der Waals surface area contributed by atoms with Gasteiger partial charge in [-0.05, 0) is 36.7 Å². The average molecular weight is 220 g/mol. The second kappa shape index (κ2) is 6.70. The molecule has 1 unspecified atom stereocenters. The van der Waals surface area contributed by atoms with Crippen LogP contribution in [0.5, 0.6) is 0 Å². The van der Waals surface area contributed by atoms with Crippen LogP contribution in [0.1, 0.15) is 45.1 Å². The van der Waals surface area contributed by atoms with Crippen molar-refractivity contribution in [2.45, 2.75) is 46.0 Å². The Morgan fingerprint density at radius 3 is 2.38 bits per heavy atom. The van der Waals surface area contributed by atoms with E-state index in [2.05, 4.69) is 44.2 Å². The van der Waals surface area contributed by atoms with Gasteiger partial charge in [0.2, 0.25) is 0 Å². The van der Waals surface area contributed by atoms with Gasteiger partial charge in [0.1, 0.15) is 0 Å². The fourth-order valence-corrected chi connectivity index (χ4v) is 2.25. The summed E-state index contributed by atoms with van der Waals surface area (Å²) in [4.78, 5) is 0. The van der Waals surface area contributed by atoms with Crippen molar-refractivity contribution in [2.75, 3.05) is 6.61 Å². The van der Waals surface area contributed by atoms with Gasteiger partial charge in [-0.1, -0.05) is 50.6 Å². The van der Waals surface area contributed by atoms with Crippen molar-refractivity contribution in [2.24, 2.45) is 5.41 Å². The third-order valence-electron chi connectivity index (χ3n) is 3.32. The van der Waals surface area contributed by atoms with Crippen molar-refractivity contribution >= 4 is 0 Å². The first-order valence-corrected chi connectivity index (χ1v) is 6.35. The number of hydrogen-bond donors (Lipinski definition) is 1. The van der Waals surface area contributed by atoms with Crippen LogP contribution < -0.4 is 0 Å². The summed E-state index contributed by atoms with van der Waals surface area (Å²) in [5.74, 6) is 0. The van der Waals surface area contributed by atoms with Gasteiger partial charge < -0.3 is 5.11 Å². The lowest BCUT2D eigenvalue weighted by Gasteiger charge is -2.26. The Hall–Kier alpha value is -0.820. The van der Waals surface area contributed by atoms with Crippen LogP contribution in [0.4, 0.5) is 0 Å². The summed E-state index contributed by atoms with van der Waals surface area (Å²) in [6, 6.07) is 10.6. The van der Waals surface area contributed by atoms with Gasteiger partial charge in [0.05, 0.1) is 0 Å². The Labute approximate surface area is 99.5 Å². The highest BCUT2D eigenvalue weighted by atomic mass is 16.3. The van der Waals surface area contributed by atoms with E-state index < -0.39 is 0 Å². The molecule has 1 nitrogen and oxygen atoms in total. The van der Waals surface area contributed by atoms with Crippen LogP contribution in [-0.2, 0) is 6.42 Å². The molecule has 0 saturated carbocycles. The zero-order chi connectivity index (χ0) is 11.9. The van der Waals surface area contributed by atoms with E-state index in [1.807, 2.05) is 0 Å². The normalized spacial score (nSPS) is 14.7. The fourth-order valence-electron chi connectivity index (χ4n) is 2.25. The van der Waals surface area contributed by atoms with E-state index in [0.717, 1.165) is 25.7 Å². The molecule has 1 aromatic carbocycles. The monoisotopic (exact) mass is 220 g/mol. The number of rotatable bonds is 7. The molecular weight excluding hydrogens is 196 g/mol. The number of aliphatic hydroxyl groups is 1. The van der Waals surface area contributed by atoms with Crippen LogP contribution in [0.3, 0.4) is 0 Å². The second-order valence-electron chi connectivity index (χ2n) is 5.06. The van der Waals surface area contributed by atoms with E-state index in [9.17, 15) is 5.11 Å². The van der Waals surface area contributed by atoms with Gasteiger partial charge in [0.15, 0.2) is 0 Å². The highest BCUT2D eigenvalue weighted by molar-refractivity contribution is 5.14. The lowest BCUT2D eigenvalue weighted by molar-refractivity contribution is 0.120. The zero-order valence-corrected chi connectivity index (χ0v) is 10.6. The molecule has 0 saturated heterocycles. The minimum atomic E-state index is 0.129. The molecule has 0 fully saturated rings. The third kappa shape index (κ3) is 4.36. The number of hydrogen-bond acceptors (Lipinski definition) is 1. The lowest BCUT2D eigenvalue weighted by Crippen LogP contribution is -2.21. The summed E-state index contributed by atoms with van der Waals surface area (Å²) in [6.07, 6.45) is 5.69. The summed E-state index contributed by atoms with van der Waals surface area (Å²) < 4.78 is 0. The van der Waals surface area contributed by atoms with Gasteiger partial charge in [0, 0.05) is 6.61 Å². The largest absolute Gasteiger partial charge is 0.396 e. The molecule has 0 aliphatic rings. The quantitative estimate of drug-likeness (QED) is 0.741. The van der Waals surface area contributed by atoms with Crippen LogP contribution in [-0.4, -0.2) is 11.7 Å². The van der Waals surface area contributed by atoms with Crippen LogP contribution >= 0.6 is 0 Å². The van der Waals surface area contributed by atoms with Gasteiger partial charge in [-0.15, -0.1) is 0 Å². The van der Waals surface area contributed by atoms with Crippen LogP contribution in [0.2, 0.25) is 0 Å². The Balaban J connectivity index is 2.34. The predicted molar refractivity (Wildman–Crippen MR) is 69.5 cm³/mol. The van der Waals surface area contributed by atoms with Crippen molar-refractivity contribution in [1.29, 1.82) is 0 Å². The van der Waals surface area contributed by atoms with Crippen LogP contribution in [0, 0.1) is 5.41 Å². The molecule has 1 aromatic rings. The molecule has 90 valence electrons. The molecule has 0 heterocycles. The first-order valence-electron chi connectivity index (χ1n) is 6.35. The van der Waals surface area contributed by atoms with E-state index >= 15 is 0 Å². The van der Waals surface area contributed by atoms with Crippen molar-refractivity contribution in [1.82, 2.24) is 0 Å². The minimum absolute atomic E-state index is 0.129. The molecule has 0 amide bonds. The van der Waals surface area contributed by atoms with Gasteiger partial charge in [-0.25, -0.2) is 0 Å². The van der Waals surface area contributed by atoms with Crippen molar-refractivity contribution < 1.29 is 5.11 Å². The summed E-state index contributed by atoms with van der Waals surface area (Å²) in [5, 5.41) is 9.41. The Morgan fingerprint density at radius 1 is 1.12 bits per heavy atom. The SMILES string of the molecule is CCCC(C)(CO)CCCc1ccccc1. The summed E-state index contributed by atoms with van der Waals surface area (Å²) in [7, 11) is 0. The fraction of sp³-hybridized carbons (Fsp3) is 0.600. The van der Waals surface area contributed by atoms with Crippen molar-refractivity contribution in [3.8, 4) is 0 Å². The maximum absolute atomic E-state index is 9.41. The highest BCUT2D eigenvalue weighted by Gasteiger charge is 2.21. The first kappa shape index (κ1) is 13.2. The Bertz CT molecular complexity index is 281. The molecule has 0 aromatic heterocycles. The van der Waals surface area contributed by atoms with Crippen molar-refractivity contribution in [3.63, 3.8) is 0 Å². The molecule has 0 bridgehead atoms. The number of aliphatic hydroxyl groups excluding tert-OH is 1. The summed E-state index contributed by atoms with van der Waals surface area (Å²) >= 11 is 0. The molecule has 1 N–H and O–H groups in total. The smallest absolute Gasteiger partial charge is 0.0484 e. The Kier molecular flexibility index (Phi) is 5.54. The number of aryl methyl sites for hydroxylation is 1. The van der Waals surface area contributed by atoms with E-state index in [4.69, 9.17) is 0 Å². The van der Waals surface area contributed by atoms with E-state index in [1.165, 1.54) is 12.0 Å². The minimum Gasteiger partial charge on any atom is -0.396 e. The van der Waals surface area contributed by atoms with E-state index in [0.29, 0.717) is 6.61 Å². The topological polar surface area (TPSA) is 20.2 Å². The molecule has 0 spiro atoms. The third-order valence-corrected chi connectivity index (χ3v) is 3.32. The molecule has 1 atom stereocenters.